The highest BCUT2D eigenvalue weighted by Gasteiger charge is 2.05. The first-order valence-corrected chi connectivity index (χ1v) is 6.30. The van der Waals surface area contributed by atoms with Crippen molar-refractivity contribution in [3.63, 3.8) is 0 Å². The molecular weight excluding hydrogens is 232 g/mol. The van der Waals surface area contributed by atoms with Crippen molar-refractivity contribution in [1.82, 2.24) is 20.3 Å². The van der Waals surface area contributed by atoms with E-state index in [1.807, 2.05) is 12.1 Å². The van der Waals surface area contributed by atoms with Crippen LogP contribution in [0.2, 0.25) is 0 Å². The van der Waals surface area contributed by atoms with Crippen LogP contribution in [0, 0.1) is 0 Å². The van der Waals surface area contributed by atoms with Gasteiger partial charge in [0.1, 0.15) is 16.4 Å². The van der Waals surface area contributed by atoms with Gasteiger partial charge >= 0.3 is 0 Å². The monoisotopic (exact) mass is 246 g/mol. The Balaban J connectivity index is 2.15. The molecule has 1 N–H and O–H groups in total. The molecule has 0 aliphatic carbocycles. The van der Waals surface area contributed by atoms with Gasteiger partial charge in [0.2, 0.25) is 0 Å². The number of hydrogen-bond donors (Lipinski definition) is 1. The van der Waals surface area contributed by atoms with Crippen LogP contribution < -0.4 is 5.32 Å². The molecule has 0 bridgehead atoms. The average molecular weight is 246 g/mol. The third-order valence-electron chi connectivity index (χ3n) is 2.17. The molecule has 0 aliphatic rings. The van der Waals surface area contributed by atoms with E-state index in [2.05, 4.69) is 33.3 Å². The summed E-state index contributed by atoms with van der Waals surface area (Å²) in [6.07, 6.45) is 5.09. The maximum atomic E-state index is 4.39. The Labute approximate surface area is 105 Å². The lowest BCUT2D eigenvalue weighted by molar-refractivity contribution is 0.711. The quantitative estimate of drug-likeness (QED) is 0.819. The summed E-state index contributed by atoms with van der Waals surface area (Å²) in [6.45, 7) is 3.87. The minimum Gasteiger partial charge on any atom is -0.313 e. The van der Waals surface area contributed by atoms with Crippen LogP contribution in [0.1, 0.15) is 12.5 Å². The second-order valence-corrected chi connectivity index (χ2v) is 4.41. The second kappa shape index (κ2) is 6.32. The molecule has 0 saturated heterocycles. The fraction of sp³-hybridized carbons (Fsp3) is 0.250. The molecule has 5 heteroatoms. The Morgan fingerprint density at radius 1 is 1.24 bits per heavy atom. The molecule has 2 rings (SSSR count). The predicted molar refractivity (Wildman–Crippen MR) is 67.8 cm³/mol. The van der Waals surface area contributed by atoms with Crippen LogP contribution in [0.15, 0.2) is 47.0 Å². The summed E-state index contributed by atoms with van der Waals surface area (Å²) in [5, 5.41) is 5.21. The SMILES string of the molecule is CCNCc1cccnc1Sc1ccncn1. The Hall–Kier alpha value is -1.46. The summed E-state index contributed by atoms with van der Waals surface area (Å²) >= 11 is 1.56. The average Bonchev–Trinajstić information content (AvgIpc) is 2.39. The molecule has 0 fully saturated rings. The molecule has 0 aliphatic heterocycles. The largest absolute Gasteiger partial charge is 0.313 e. The lowest BCUT2D eigenvalue weighted by atomic mass is 10.3. The zero-order chi connectivity index (χ0) is 11.9. The van der Waals surface area contributed by atoms with Gasteiger partial charge in [0, 0.05) is 18.9 Å². The molecule has 2 aromatic heterocycles. The van der Waals surface area contributed by atoms with Gasteiger partial charge in [-0.2, -0.15) is 0 Å². The van der Waals surface area contributed by atoms with Gasteiger partial charge in [-0.05, 0) is 36.0 Å². The van der Waals surface area contributed by atoms with Crippen LogP contribution in [0.4, 0.5) is 0 Å². The van der Waals surface area contributed by atoms with Crippen molar-refractivity contribution >= 4 is 11.8 Å². The van der Waals surface area contributed by atoms with E-state index in [1.165, 1.54) is 5.56 Å². The number of hydrogen-bond acceptors (Lipinski definition) is 5. The lowest BCUT2D eigenvalue weighted by Crippen LogP contribution is -2.12. The number of nitrogens with one attached hydrogen (secondary N) is 1. The van der Waals surface area contributed by atoms with Gasteiger partial charge in [0.25, 0.3) is 0 Å². The molecule has 4 nitrogen and oxygen atoms in total. The summed E-state index contributed by atoms with van der Waals surface area (Å²) in [5.41, 5.74) is 1.19. The van der Waals surface area contributed by atoms with E-state index in [-0.39, 0.29) is 0 Å². The van der Waals surface area contributed by atoms with Crippen LogP contribution in [0.5, 0.6) is 0 Å². The van der Waals surface area contributed by atoms with Gasteiger partial charge in [-0.1, -0.05) is 13.0 Å². The first-order valence-electron chi connectivity index (χ1n) is 5.48. The van der Waals surface area contributed by atoms with Crippen LogP contribution in [0.3, 0.4) is 0 Å². The topological polar surface area (TPSA) is 50.7 Å². The highest BCUT2D eigenvalue weighted by molar-refractivity contribution is 7.99. The molecule has 2 aromatic rings. The van der Waals surface area contributed by atoms with Gasteiger partial charge in [0.05, 0.1) is 0 Å². The molecular formula is C12H14N4S. The van der Waals surface area contributed by atoms with Gasteiger partial charge in [-0.25, -0.2) is 15.0 Å². The zero-order valence-electron chi connectivity index (χ0n) is 9.63. The van der Waals surface area contributed by atoms with Crippen LogP contribution >= 0.6 is 11.8 Å². The van der Waals surface area contributed by atoms with Crippen molar-refractivity contribution in [2.45, 2.75) is 23.5 Å². The van der Waals surface area contributed by atoms with Crippen LogP contribution in [-0.4, -0.2) is 21.5 Å². The van der Waals surface area contributed by atoms with Crippen molar-refractivity contribution in [3.8, 4) is 0 Å². The molecule has 0 aromatic carbocycles. The fourth-order valence-electron chi connectivity index (χ4n) is 1.35. The molecule has 0 spiro atoms. The summed E-state index contributed by atoms with van der Waals surface area (Å²) in [4.78, 5) is 12.5. The first kappa shape index (κ1) is 12.0. The molecule has 0 radical (unpaired) electrons. The van der Waals surface area contributed by atoms with E-state index >= 15 is 0 Å². The van der Waals surface area contributed by atoms with Crippen molar-refractivity contribution < 1.29 is 0 Å². The van der Waals surface area contributed by atoms with E-state index in [9.17, 15) is 0 Å². The van der Waals surface area contributed by atoms with Crippen molar-refractivity contribution in [3.05, 3.63) is 42.5 Å². The van der Waals surface area contributed by atoms with Crippen molar-refractivity contribution in [1.29, 1.82) is 0 Å². The van der Waals surface area contributed by atoms with E-state index in [1.54, 1.807) is 30.5 Å². The summed E-state index contributed by atoms with van der Waals surface area (Å²) < 4.78 is 0. The highest BCUT2D eigenvalue weighted by atomic mass is 32.2. The molecule has 17 heavy (non-hydrogen) atoms. The standard InChI is InChI=1S/C12H14N4S/c1-2-13-8-10-4-3-6-15-12(10)17-11-5-7-14-9-16-11/h3-7,9,13H,2,8H2,1H3. The minimum absolute atomic E-state index is 0.831. The maximum absolute atomic E-state index is 4.39. The Bertz CT molecular complexity index is 461. The van der Waals surface area contributed by atoms with Crippen LogP contribution in [-0.2, 0) is 6.54 Å². The number of rotatable bonds is 5. The molecule has 0 unspecified atom stereocenters. The summed E-state index contributed by atoms with van der Waals surface area (Å²) in [6, 6.07) is 5.92. The van der Waals surface area contributed by atoms with Crippen LogP contribution in [0.25, 0.3) is 0 Å². The summed E-state index contributed by atoms with van der Waals surface area (Å²) in [7, 11) is 0. The molecule has 0 saturated carbocycles. The Morgan fingerprint density at radius 3 is 2.94 bits per heavy atom. The highest BCUT2D eigenvalue weighted by Crippen LogP contribution is 2.26. The van der Waals surface area contributed by atoms with Gasteiger partial charge in [-0.3, -0.25) is 0 Å². The molecule has 0 amide bonds. The Kier molecular flexibility index (Phi) is 4.46. The molecule has 2 heterocycles. The van der Waals surface area contributed by atoms with E-state index in [0.29, 0.717) is 0 Å². The second-order valence-electron chi connectivity index (χ2n) is 3.40. The third kappa shape index (κ3) is 3.51. The maximum Gasteiger partial charge on any atom is 0.116 e. The van der Waals surface area contributed by atoms with E-state index < -0.39 is 0 Å². The van der Waals surface area contributed by atoms with E-state index in [0.717, 1.165) is 23.1 Å². The van der Waals surface area contributed by atoms with Gasteiger partial charge in [0.15, 0.2) is 0 Å². The fourth-order valence-corrected chi connectivity index (χ4v) is 2.16. The van der Waals surface area contributed by atoms with Crippen molar-refractivity contribution in [2.24, 2.45) is 0 Å². The number of pyridine rings is 1. The molecule has 0 atom stereocenters. The summed E-state index contributed by atoms with van der Waals surface area (Å²) in [5.74, 6) is 0. The van der Waals surface area contributed by atoms with E-state index in [4.69, 9.17) is 0 Å². The Morgan fingerprint density at radius 2 is 2.18 bits per heavy atom. The molecule has 88 valence electrons. The smallest absolute Gasteiger partial charge is 0.116 e. The lowest BCUT2D eigenvalue weighted by Gasteiger charge is -2.07. The predicted octanol–water partition coefficient (Wildman–Crippen LogP) is 2.13. The van der Waals surface area contributed by atoms with Gasteiger partial charge < -0.3 is 5.32 Å². The first-order chi connectivity index (χ1) is 8.40. The van der Waals surface area contributed by atoms with Crippen molar-refractivity contribution in [2.75, 3.05) is 6.54 Å². The normalized spacial score (nSPS) is 10.4. The third-order valence-corrected chi connectivity index (χ3v) is 3.18. The van der Waals surface area contributed by atoms with Gasteiger partial charge in [-0.15, -0.1) is 0 Å². The number of aromatic nitrogens is 3. The zero-order valence-corrected chi connectivity index (χ0v) is 10.4. The number of nitrogens with zero attached hydrogens (tertiary/aromatic N) is 3. The minimum atomic E-state index is 0.831.